The number of aliphatic hydroxyl groups is 1. The van der Waals surface area contributed by atoms with Crippen LogP contribution in [0.5, 0.6) is 0 Å². The molecular weight excluding hydrogens is 252 g/mol. The predicted molar refractivity (Wildman–Crippen MR) is 88.2 cm³/mol. The van der Waals surface area contributed by atoms with Gasteiger partial charge in [0.1, 0.15) is 0 Å². The van der Waals surface area contributed by atoms with E-state index in [9.17, 15) is 0 Å². The molecule has 19 heavy (non-hydrogen) atoms. The van der Waals surface area contributed by atoms with Crippen LogP contribution in [0.2, 0.25) is 0 Å². The quantitative estimate of drug-likeness (QED) is 0.422. The maximum absolute atomic E-state index is 8.38. The Balaban J connectivity index is 0.000000342. The van der Waals surface area contributed by atoms with Gasteiger partial charge in [-0.2, -0.15) is 0 Å². The molecule has 1 aromatic carbocycles. The van der Waals surface area contributed by atoms with Crippen molar-refractivity contribution in [2.24, 2.45) is 0 Å². The minimum absolute atomic E-state index is 0.188. The van der Waals surface area contributed by atoms with Gasteiger partial charge in [0.2, 0.25) is 0 Å². The van der Waals surface area contributed by atoms with Crippen LogP contribution < -0.4 is 0 Å². The Morgan fingerprint density at radius 2 is 1.68 bits per heavy atom. The molecule has 0 saturated carbocycles. The number of hydrogen-bond donors (Lipinski definition) is 2. The first-order valence-electron chi connectivity index (χ1n) is 7.14. The number of unbranched alkanes of at least 4 members (excludes halogenated alkanes) is 4. The number of aryl methyl sites for hydroxylation is 2. The van der Waals surface area contributed by atoms with Crippen molar-refractivity contribution >= 4 is 12.6 Å². The maximum atomic E-state index is 8.38. The second-order valence-electron chi connectivity index (χ2n) is 4.74. The van der Waals surface area contributed by atoms with E-state index in [1.165, 1.54) is 36.8 Å². The summed E-state index contributed by atoms with van der Waals surface area (Å²) in [5, 5.41) is 8.38. The van der Waals surface area contributed by atoms with Crippen molar-refractivity contribution in [1.29, 1.82) is 0 Å². The molecule has 0 heterocycles. The lowest BCUT2D eigenvalue weighted by Gasteiger charge is -1.99. The van der Waals surface area contributed by atoms with Gasteiger partial charge in [-0.3, -0.25) is 0 Å². The van der Waals surface area contributed by atoms with Crippen molar-refractivity contribution in [2.45, 2.75) is 57.8 Å². The highest BCUT2D eigenvalue weighted by Crippen LogP contribution is 2.16. The number of aliphatic hydroxyl groups excluding tert-OH is 1. The van der Waals surface area contributed by atoms with Crippen LogP contribution in [-0.2, 0) is 0 Å². The molecule has 0 aliphatic heterocycles. The zero-order chi connectivity index (χ0) is 14.5. The highest BCUT2D eigenvalue weighted by molar-refractivity contribution is 7.80. The van der Waals surface area contributed by atoms with Gasteiger partial charge >= 0.3 is 0 Å². The van der Waals surface area contributed by atoms with E-state index in [1.54, 1.807) is 0 Å². The average molecular weight is 280 g/mol. The van der Waals surface area contributed by atoms with Crippen LogP contribution in [0.4, 0.5) is 0 Å². The lowest BCUT2D eigenvalue weighted by molar-refractivity contribution is 0.342. The molecule has 2 heteroatoms. The summed E-state index contributed by atoms with van der Waals surface area (Å²) in [5.41, 5.74) is 2.50. The number of rotatable bonds is 6. The van der Waals surface area contributed by atoms with E-state index in [2.05, 4.69) is 51.6 Å². The normalized spacial score (nSPS) is 10.4. The molecule has 0 fully saturated rings. The van der Waals surface area contributed by atoms with Crippen molar-refractivity contribution in [3.8, 4) is 0 Å². The topological polar surface area (TPSA) is 20.2 Å². The Hall–Kier alpha value is -0.730. The Bertz CT molecular complexity index is 338. The summed E-state index contributed by atoms with van der Waals surface area (Å²) >= 11 is 4.31. The lowest BCUT2D eigenvalue weighted by atomic mass is 10.1. The van der Waals surface area contributed by atoms with E-state index < -0.39 is 0 Å². The molecule has 0 unspecified atom stereocenters. The van der Waals surface area contributed by atoms with Crippen LogP contribution in [0, 0.1) is 13.8 Å². The lowest BCUT2D eigenvalue weighted by Crippen LogP contribution is -1.78. The fourth-order valence-corrected chi connectivity index (χ4v) is 1.84. The zero-order valence-electron chi connectivity index (χ0n) is 12.5. The van der Waals surface area contributed by atoms with Gasteiger partial charge in [0.05, 0.1) is 6.61 Å². The van der Waals surface area contributed by atoms with Crippen LogP contribution in [0.15, 0.2) is 35.2 Å². The summed E-state index contributed by atoms with van der Waals surface area (Å²) in [4.78, 5) is 1.11. The Labute approximate surface area is 124 Å². The number of thiol groups is 1. The molecule has 1 aromatic rings. The molecule has 0 radical (unpaired) electrons. The summed E-state index contributed by atoms with van der Waals surface area (Å²) in [5.74, 6) is 0. The first kappa shape index (κ1) is 18.3. The number of allylic oxidation sites excluding steroid dienone is 1. The van der Waals surface area contributed by atoms with Crippen molar-refractivity contribution in [2.75, 3.05) is 6.61 Å². The predicted octanol–water partition coefficient (Wildman–Crippen LogP) is 5.10. The van der Waals surface area contributed by atoms with Gasteiger partial charge in [-0.25, -0.2) is 0 Å². The third-order valence-electron chi connectivity index (χ3n) is 2.94. The third kappa shape index (κ3) is 9.80. The Morgan fingerprint density at radius 3 is 2.16 bits per heavy atom. The van der Waals surface area contributed by atoms with E-state index in [1.807, 2.05) is 12.1 Å². The smallest absolute Gasteiger partial charge is 0.0612 e. The molecule has 0 bridgehead atoms. The molecule has 0 aliphatic carbocycles. The molecule has 0 aliphatic rings. The van der Waals surface area contributed by atoms with Crippen LogP contribution in [-0.4, -0.2) is 11.7 Å². The van der Waals surface area contributed by atoms with Gasteiger partial charge < -0.3 is 5.11 Å². The Morgan fingerprint density at radius 1 is 1.05 bits per heavy atom. The summed E-state index contributed by atoms with van der Waals surface area (Å²) in [6.45, 7) is 6.53. The van der Waals surface area contributed by atoms with Crippen LogP contribution in [0.25, 0.3) is 0 Å². The first-order chi connectivity index (χ1) is 9.13. The molecule has 0 amide bonds. The van der Waals surface area contributed by atoms with Gasteiger partial charge in [-0.1, -0.05) is 56.5 Å². The van der Waals surface area contributed by atoms with E-state index in [0.717, 1.165) is 11.3 Å². The van der Waals surface area contributed by atoms with Crippen molar-refractivity contribution in [3.63, 3.8) is 0 Å². The Kier molecular flexibility index (Phi) is 11.8. The highest BCUT2D eigenvalue weighted by atomic mass is 32.1. The van der Waals surface area contributed by atoms with Gasteiger partial charge in [0, 0.05) is 4.90 Å². The summed E-state index contributed by atoms with van der Waals surface area (Å²) in [6.07, 6.45) is 10.2. The van der Waals surface area contributed by atoms with Crippen LogP contribution in [0.3, 0.4) is 0 Å². The number of hydrogen-bond acceptors (Lipinski definition) is 2. The van der Waals surface area contributed by atoms with Crippen LogP contribution >= 0.6 is 12.6 Å². The molecule has 0 spiro atoms. The molecule has 1 rings (SSSR count). The minimum Gasteiger partial charge on any atom is -0.392 e. The highest BCUT2D eigenvalue weighted by Gasteiger charge is 1.93. The summed E-state index contributed by atoms with van der Waals surface area (Å²) in [7, 11) is 0. The molecule has 1 N–H and O–H groups in total. The molecular formula is C17H28OS. The monoisotopic (exact) mass is 280 g/mol. The summed E-state index contributed by atoms with van der Waals surface area (Å²) < 4.78 is 0. The molecule has 0 atom stereocenters. The van der Waals surface area contributed by atoms with Gasteiger partial charge in [-0.15, -0.1) is 12.6 Å². The fourth-order valence-electron chi connectivity index (χ4n) is 1.69. The van der Waals surface area contributed by atoms with E-state index in [0.29, 0.717) is 0 Å². The van der Waals surface area contributed by atoms with Gasteiger partial charge in [-0.05, 0) is 37.8 Å². The molecule has 0 saturated heterocycles. The third-order valence-corrected chi connectivity index (χ3v) is 3.64. The van der Waals surface area contributed by atoms with Crippen molar-refractivity contribution < 1.29 is 5.11 Å². The van der Waals surface area contributed by atoms with Crippen molar-refractivity contribution in [3.05, 3.63) is 41.5 Å². The first-order valence-corrected chi connectivity index (χ1v) is 7.59. The van der Waals surface area contributed by atoms with Crippen molar-refractivity contribution in [1.82, 2.24) is 0 Å². The summed E-state index contributed by atoms with van der Waals surface area (Å²) in [6, 6.07) is 6.18. The SMILES string of the molecule is CCCCCC/C=C/CO.Cc1cccc(C)c1S. The zero-order valence-corrected chi connectivity index (χ0v) is 13.4. The van der Waals surface area contributed by atoms with Gasteiger partial charge in [0.15, 0.2) is 0 Å². The average Bonchev–Trinajstić information content (AvgIpc) is 2.41. The molecule has 0 aromatic heterocycles. The van der Waals surface area contributed by atoms with Gasteiger partial charge in [0.25, 0.3) is 0 Å². The largest absolute Gasteiger partial charge is 0.392 e. The second kappa shape index (κ2) is 12.3. The molecule has 1 nitrogen and oxygen atoms in total. The van der Waals surface area contributed by atoms with Crippen LogP contribution in [0.1, 0.15) is 50.2 Å². The minimum atomic E-state index is 0.188. The number of benzene rings is 1. The van der Waals surface area contributed by atoms with E-state index >= 15 is 0 Å². The second-order valence-corrected chi connectivity index (χ2v) is 5.19. The van der Waals surface area contributed by atoms with E-state index in [4.69, 9.17) is 5.11 Å². The van der Waals surface area contributed by atoms with E-state index in [-0.39, 0.29) is 6.61 Å². The molecule has 108 valence electrons. The maximum Gasteiger partial charge on any atom is 0.0612 e. The standard InChI is InChI=1S/C9H18O.C8H10S/c1-2-3-4-5-6-7-8-9-10;1-6-4-3-5-7(2)8(6)9/h7-8,10H,2-6,9H2,1H3;3-5,9H,1-2H3/b8-7+;. The fraction of sp³-hybridized carbons (Fsp3) is 0.529.